The molecule has 4 heteroatoms. The summed E-state index contributed by atoms with van der Waals surface area (Å²) in [5.74, 6) is 0. The molecular weight excluding hydrogens is 529 g/mol. The first-order valence-corrected chi connectivity index (χ1v) is 14.9. The van der Waals surface area contributed by atoms with Crippen molar-refractivity contribution >= 4 is 11.4 Å². The van der Waals surface area contributed by atoms with E-state index >= 15 is 4.48 Å². The van der Waals surface area contributed by atoms with E-state index in [1.807, 2.05) is 72.8 Å². The fourth-order valence-electron chi connectivity index (χ4n) is 5.34. The number of hydrazine groups is 1. The van der Waals surface area contributed by atoms with Gasteiger partial charge in [0.15, 0.2) is 0 Å². The number of rotatable bonds is 11. The van der Waals surface area contributed by atoms with Gasteiger partial charge in [0.25, 0.3) is 0 Å². The minimum atomic E-state index is 0.133. The second-order valence-corrected chi connectivity index (χ2v) is 11.0. The van der Waals surface area contributed by atoms with E-state index in [4.69, 9.17) is 5.73 Å². The van der Waals surface area contributed by atoms with Crippen molar-refractivity contribution in [2.24, 2.45) is 5.73 Å². The molecule has 1 heterocycles. The Hall–Kier alpha value is -4.93. The number of allylic oxidation sites excluding steroid dienone is 2. The van der Waals surface area contributed by atoms with E-state index in [1.54, 1.807) is 5.01 Å². The molecule has 3 nitrogen and oxygen atoms in total. The van der Waals surface area contributed by atoms with Gasteiger partial charge in [-0.05, 0) is 52.6 Å². The van der Waals surface area contributed by atoms with Crippen molar-refractivity contribution in [3.63, 3.8) is 0 Å². The maximum absolute atomic E-state index is 15.8. The van der Waals surface area contributed by atoms with Gasteiger partial charge in [-0.3, -0.25) is 0 Å². The first kappa shape index (κ1) is 28.2. The van der Waals surface area contributed by atoms with Crippen LogP contribution in [0.4, 0.5) is 4.48 Å². The van der Waals surface area contributed by atoms with Crippen LogP contribution >= 0.6 is 0 Å². The van der Waals surface area contributed by atoms with Crippen LogP contribution in [0.5, 0.6) is 0 Å². The summed E-state index contributed by atoms with van der Waals surface area (Å²) >= 11 is 0. The van der Waals surface area contributed by atoms with Gasteiger partial charge in [-0.1, -0.05) is 156 Å². The van der Waals surface area contributed by atoms with Gasteiger partial charge in [-0.25, -0.2) is 0 Å². The van der Waals surface area contributed by atoms with Crippen LogP contribution in [0.1, 0.15) is 27.8 Å². The molecule has 0 radical (unpaired) electrons. The van der Waals surface area contributed by atoms with Crippen LogP contribution in [0, 0.1) is 0 Å². The number of nitrogens with zero attached hydrogens (tertiary/aromatic N) is 2. The monoisotopic (exact) mass is 565 g/mol. The summed E-state index contributed by atoms with van der Waals surface area (Å²) in [6, 6.07) is 47.4. The normalized spacial score (nSPS) is 16.6. The van der Waals surface area contributed by atoms with E-state index in [0.29, 0.717) is 18.7 Å². The quantitative estimate of drug-likeness (QED) is 0.129. The Bertz CT molecular complexity index is 1660. The Kier molecular flexibility index (Phi) is 8.77. The lowest BCUT2D eigenvalue weighted by Gasteiger charge is -2.20. The van der Waals surface area contributed by atoms with Crippen molar-refractivity contribution in [2.75, 3.05) is 6.54 Å². The molecule has 0 aromatic heterocycles. The molecular formula is C39H36FN3. The maximum Gasteiger partial charge on any atom is 0.0913 e. The standard InChI is InChI=1S/C39H36FN3/c40-43(39(36-14-8-3-9-15-36)27-21-30-10-4-1-5-11-30)42-29-37(42)28-32-18-16-31(17-19-32)20-26-38(41)35-24-22-34(23-25-35)33-12-6-2-7-13-33/h1-19,22-27,37H,20-21,28-29,41H2/b38-26-,39-27-. The molecule has 1 aliphatic rings. The molecule has 2 atom stereocenters. The molecule has 1 saturated heterocycles. The lowest BCUT2D eigenvalue weighted by molar-refractivity contribution is -0.0446. The molecule has 214 valence electrons. The molecule has 5 aromatic carbocycles. The third-order valence-corrected chi connectivity index (χ3v) is 7.93. The molecule has 0 saturated carbocycles. The third kappa shape index (κ3) is 7.29. The molecule has 43 heavy (non-hydrogen) atoms. The van der Waals surface area contributed by atoms with Gasteiger partial charge in [0.05, 0.1) is 11.7 Å². The van der Waals surface area contributed by atoms with Crippen molar-refractivity contribution in [2.45, 2.75) is 25.3 Å². The van der Waals surface area contributed by atoms with Gasteiger partial charge >= 0.3 is 0 Å². The summed E-state index contributed by atoms with van der Waals surface area (Å²) in [7, 11) is 0. The molecule has 0 bridgehead atoms. The fourth-order valence-corrected chi connectivity index (χ4v) is 5.34. The highest BCUT2D eigenvalue weighted by molar-refractivity contribution is 5.69. The summed E-state index contributed by atoms with van der Waals surface area (Å²) < 4.78 is 15.8. The summed E-state index contributed by atoms with van der Waals surface area (Å²) in [5, 5.41) is 2.64. The Labute approximate surface area is 253 Å². The Morgan fingerprint density at radius 3 is 1.84 bits per heavy atom. The van der Waals surface area contributed by atoms with E-state index in [9.17, 15) is 0 Å². The Morgan fingerprint density at radius 2 is 1.16 bits per heavy atom. The molecule has 0 spiro atoms. The topological polar surface area (TPSA) is 32.3 Å². The zero-order chi connectivity index (χ0) is 29.4. The molecule has 0 aliphatic carbocycles. The van der Waals surface area contributed by atoms with Crippen LogP contribution in [0.25, 0.3) is 22.5 Å². The fraction of sp³-hybridized carbons (Fsp3) is 0.128. The van der Waals surface area contributed by atoms with Crippen LogP contribution < -0.4 is 5.73 Å². The zero-order valence-corrected chi connectivity index (χ0v) is 24.2. The van der Waals surface area contributed by atoms with Gasteiger partial charge in [0.2, 0.25) is 0 Å². The highest BCUT2D eigenvalue weighted by Gasteiger charge is 2.40. The molecule has 1 aliphatic heterocycles. The lowest BCUT2D eigenvalue weighted by atomic mass is 10.0. The van der Waals surface area contributed by atoms with Gasteiger partial charge in [-0.2, -0.15) is 5.01 Å². The maximum atomic E-state index is 15.8. The van der Waals surface area contributed by atoms with Gasteiger partial charge in [0.1, 0.15) is 0 Å². The zero-order valence-electron chi connectivity index (χ0n) is 24.2. The third-order valence-electron chi connectivity index (χ3n) is 7.93. The highest BCUT2D eigenvalue weighted by Crippen LogP contribution is 2.32. The largest absolute Gasteiger partial charge is 0.398 e. The smallest absolute Gasteiger partial charge is 0.0913 e. The molecule has 5 aromatic rings. The van der Waals surface area contributed by atoms with Gasteiger partial charge in [0, 0.05) is 17.8 Å². The second kappa shape index (κ2) is 13.4. The summed E-state index contributed by atoms with van der Waals surface area (Å²) in [6.45, 7) is 0.691. The number of hydrogen-bond acceptors (Lipinski definition) is 3. The lowest BCUT2D eigenvalue weighted by Crippen LogP contribution is -2.22. The molecule has 0 amide bonds. The van der Waals surface area contributed by atoms with Crippen LogP contribution in [-0.2, 0) is 19.3 Å². The molecule has 1 fully saturated rings. The SMILES string of the molecule is N/C(=C\Cc1ccc(CC2CN2N(F)/C(=C\Cc2ccccc2)c2ccccc2)cc1)c1ccc(-c2ccccc2)cc1. The van der Waals surface area contributed by atoms with E-state index in [1.165, 1.54) is 22.3 Å². The van der Waals surface area contributed by atoms with Crippen molar-refractivity contribution in [3.05, 3.63) is 179 Å². The minimum absolute atomic E-state index is 0.133. The van der Waals surface area contributed by atoms with Crippen LogP contribution in [0.3, 0.4) is 0 Å². The van der Waals surface area contributed by atoms with E-state index in [2.05, 4.69) is 78.9 Å². The summed E-state index contributed by atoms with van der Waals surface area (Å²) in [4.78, 5) is 0. The van der Waals surface area contributed by atoms with Crippen LogP contribution in [0.2, 0.25) is 0 Å². The van der Waals surface area contributed by atoms with Crippen molar-refractivity contribution in [1.82, 2.24) is 10.2 Å². The average Bonchev–Trinajstić information content (AvgIpc) is 3.85. The predicted molar refractivity (Wildman–Crippen MR) is 176 cm³/mol. The Morgan fingerprint density at radius 1 is 0.628 bits per heavy atom. The average molecular weight is 566 g/mol. The summed E-state index contributed by atoms with van der Waals surface area (Å²) in [5.41, 5.74) is 15.6. The summed E-state index contributed by atoms with van der Waals surface area (Å²) in [6.07, 6.45) is 6.28. The van der Waals surface area contributed by atoms with E-state index in [-0.39, 0.29) is 6.04 Å². The highest BCUT2D eigenvalue weighted by atomic mass is 19.2. The first-order chi connectivity index (χ1) is 21.1. The van der Waals surface area contributed by atoms with Crippen molar-refractivity contribution in [1.29, 1.82) is 0 Å². The number of halogens is 1. The molecule has 6 rings (SSSR count). The van der Waals surface area contributed by atoms with Crippen LogP contribution in [-0.4, -0.2) is 22.8 Å². The van der Waals surface area contributed by atoms with Crippen LogP contribution in [0.15, 0.2) is 152 Å². The van der Waals surface area contributed by atoms with Gasteiger partial charge in [-0.15, -0.1) is 5.23 Å². The number of benzene rings is 5. The van der Waals surface area contributed by atoms with Crippen molar-refractivity contribution in [3.8, 4) is 11.1 Å². The first-order valence-electron chi connectivity index (χ1n) is 14.9. The molecule has 2 unspecified atom stereocenters. The number of hydrogen-bond donors (Lipinski definition) is 1. The Balaban J connectivity index is 1.05. The second-order valence-electron chi connectivity index (χ2n) is 11.0. The van der Waals surface area contributed by atoms with E-state index in [0.717, 1.165) is 40.5 Å². The van der Waals surface area contributed by atoms with Gasteiger partial charge < -0.3 is 5.73 Å². The van der Waals surface area contributed by atoms with E-state index < -0.39 is 0 Å². The number of nitrogens with two attached hydrogens (primary N) is 1. The molecule has 2 N–H and O–H groups in total. The predicted octanol–water partition coefficient (Wildman–Crippen LogP) is 8.51. The minimum Gasteiger partial charge on any atom is -0.398 e. The van der Waals surface area contributed by atoms with Crippen molar-refractivity contribution < 1.29 is 4.48 Å².